The van der Waals surface area contributed by atoms with Crippen molar-refractivity contribution in [3.05, 3.63) is 59.1 Å². The van der Waals surface area contributed by atoms with E-state index >= 15 is 0 Å². The standard InChI is InChI=1S/C21H24N2OS/c1-15-7-6-8-16(2)23(15)21(24)19-13-20-18(11-12-25-20)22(19)14-17-9-4-3-5-10-17/h3-5,9-13,15-16H,6-8,14H2,1-2H3/t15-,16-/m1/s1. The summed E-state index contributed by atoms with van der Waals surface area (Å²) < 4.78 is 3.38. The highest BCUT2D eigenvalue weighted by atomic mass is 32.1. The van der Waals surface area contributed by atoms with Gasteiger partial charge >= 0.3 is 0 Å². The van der Waals surface area contributed by atoms with Gasteiger partial charge in [-0.15, -0.1) is 11.3 Å². The van der Waals surface area contributed by atoms with E-state index in [4.69, 9.17) is 0 Å². The van der Waals surface area contributed by atoms with Crippen LogP contribution in [0.4, 0.5) is 0 Å². The maximum absolute atomic E-state index is 13.4. The summed E-state index contributed by atoms with van der Waals surface area (Å²) in [7, 11) is 0. The number of rotatable bonds is 3. The van der Waals surface area contributed by atoms with Gasteiger partial charge in [0.1, 0.15) is 5.69 Å². The molecular formula is C21H24N2OS. The third-order valence-corrected chi connectivity index (χ3v) is 6.21. The van der Waals surface area contributed by atoms with Crippen LogP contribution in [0.5, 0.6) is 0 Å². The van der Waals surface area contributed by atoms with Gasteiger partial charge in [-0.3, -0.25) is 4.79 Å². The predicted octanol–water partition coefficient (Wildman–Crippen LogP) is 5.15. The molecule has 130 valence electrons. The summed E-state index contributed by atoms with van der Waals surface area (Å²) in [6, 6.07) is 15.2. The van der Waals surface area contributed by atoms with Gasteiger partial charge in [0.15, 0.2) is 0 Å². The fourth-order valence-electron chi connectivity index (χ4n) is 4.04. The molecule has 4 heteroatoms. The van der Waals surface area contributed by atoms with E-state index < -0.39 is 0 Å². The minimum atomic E-state index is 0.180. The monoisotopic (exact) mass is 352 g/mol. The van der Waals surface area contributed by atoms with Crippen molar-refractivity contribution in [1.29, 1.82) is 0 Å². The zero-order valence-electron chi connectivity index (χ0n) is 14.8. The van der Waals surface area contributed by atoms with Crippen molar-refractivity contribution in [3.8, 4) is 0 Å². The number of hydrogen-bond donors (Lipinski definition) is 0. The molecule has 0 saturated carbocycles. The Labute approximate surface area is 152 Å². The largest absolute Gasteiger partial charge is 0.332 e. The van der Waals surface area contributed by atoms with E-state index in [9.17, 15) is 4.79 Å². The number of thiophene rings is 1. The van der Waals surface area contributed by atoms with Gasteiger partial charge in [-0.25, -0.2) is 0 Å². The maximum Gasteiger partial charge on any atom is 0.271 e. The number of likely N-dealkylation sites (tertiary alicyclic amines) is 1. The van der Waals surface area contributed by atoms with Crippen LogP contribution in [0, 0.1) is 0 Å². The Morgan fingerprint density at radius 3 is 2.56 bits per heavy atom. The molecule has 0 N–H and O–H groups in total. The number of piperidine rings is 1. The quantitative estimate of drug-likeness (QED) is 0.639. The number of hydrogen-bond acceptors (Lipinski definition) is 2. The molecule has 0 radical (unpaired) electrons. The lowest BCUT2D eigenvalue weighted by molar-refractivity contribution is 0.0500. The Bertz CT molecular complexity index is 870. The van der Waals surface area contributed by atoms with Crippen LogP contribution in [0.1, 0.15) is 49.2 Å². The molecule has 0 unspecified atom stereocenters. The molecule has 1 aromatic carbocycles. The van der Waals surface area contributed by atoms with Gasteiger partial charge in [-0.2, -0.15) is 0 Å². The van der Waals surface area contributed by atoms with E-state index in [1.165, 1.54) is 16.7 Å². The second-order valence-electron chi connectivity index (χ2n) is 7.11. The minimum Gasteiger partial charge on any atom is -0.332 e. The van der Waals surface area contributed by atoms with E-state index in [1.807, 2.05) is 6.07 Å². The van der Waals surface area contributed by atoms with Crippen molar-refractivity contribution in [2.75, 3.05) is 0 Å². The number of nitrogens with zero attached hydrogens (tertiary/aromatic N) is 2. The molecule has 1 amide bonds. The topological polar surface area (TPSA) is 25.2 Å². The van der Waals surface area contributed by atoms with Crippen molar-refractivity contribution in [2.45, 2.75) is 51.7 Å². The second kappa shape index (κ2) is 6.68. The van der Waals surface area contributed by atoms with Crippen molar-refractivity contribution in [2.24, 2.45) is 0 Å². The lowest BCUT2D eigenvalue weighted by Gasteiger charge is -2.39. The van der Waals surface area contributed by atoms with Gasteiger partial charge in [0.25, 0.3) is 5.91 Å². The van der Waals surface area contributed by atoms with Crippen molar-refractivity contribution < 1.29 is 4.79 Å². The summed E-state index contributed by atoms with van der Waals surface area (Å²) in [6.07, 6.45) is 3.42. The predicted molar refractivity (Wildman–Crippen MR) is 104 cm³/mol. The zero-order chi connectivity index (χ0) is 17.4. The van der Waals surface area contributed by atoms with Gasteiger partial charge in [-0.05, 0) is 56.2 Å². The Hall–Kier alpha value is -2.07. The summed E-state index contributed by atoms with van der Waals surface area (Å²) in [6.45, 7) is 5.10. The Balaban J connectivity index is 1.75. The zero-order valence-corrected chi connectivity index (χ0v) is 15.6. The molecule has 25 heavy (non-hydrogen) atoms. The van der Waals surface area contributed by atoms with Gasteiger partial charge in [0.2, 0.25) is 0 Å². The molecule has 4 rings (SSSR count). The highest BCUT2D eigenvalue weighted by Gasteiger charge is 2.31. The van der Waals surface area contributed by atoms with Crippen molar-refractivity contribution in [3.63, 3.8) is 0 Å². The average molecular weight is 353 g/mol. The summed E-state index contributed by atoms with van der Waals surface area (Å²) in [5.41, 5.74) is 3.21. The molecule has 1 fully saturated rings. The van der Waals surface area contributed by atoms with Gasteiger partial charge in [0, 0.05) is 18.6 Å². The molecule has 1 aliphatic heterocycles. The number of benzene rings is 1. The molecule has 3 heterocycles. The maximum atomic E-state index is 13.4. The van der Waals surface area contributed by atoms with Crippen LogP contribution >= 0.6 is 11.3 Å². The Morgan fingerprint density at radius 2 is 1.84 bits per heavy atom. The first kappa shape index (κ1) is 16.4. The fourth-order valence-corrected chi connectivity index (χ4v) is 4.87. The van der Waals surface area contributed by atoms with Crippen LogP contribution in [-0.4, -0.2) is 27.5 Å². The number of fused-ring (bicyclic) bond motifs is 1. The summed E-state index contributed by atoms with van der Waals surface area (Å²) >= 11 is 1.71. The van der Waals surface area contributed by atoms with Gasteiger partial charge in [-0.1, -0.05) is 30.3 Å². The highest BCUT2D eigenvalue weighted by Crippen LogP contribution is 2.30. The Kier molecular flexibility index (Phi) is 4.38. The van der Waals surface area contributed by atoms with Crippen molar-refractivity contribution >= 4 is 27.5 Å². The molecule has 3 aromatic rings. The number of aromatic nitrogens is 1. The molecule has 0 aliphatic carbocycles. The SMILES string of the molecule is C[C@@H]1CCC[C@@H](C)N1C(=O)c1cc2sccc2n1Cc1ccccc1. The molecule has 2 aromatic heterocycles. The lowest BCUT2D eigenvalue weighted by Crippen LogP contribution is -2.48. The van der Waals surface area contributed by atoms with Gasteiger partial charge in [0.05, 0.1) is 10.2 Å². The van der Waals surface area contributed by atoms with Crippen LogP contribution < -0.4 is 0 Å². The van der Waals surface area contributed by atoms with Crippen LogP contribution in [-0.2, 0) is 6.54 Å². The van der Waals surface area contributed by atoms with E-state index in [1.54, 1.807) is 11.3 Å². The second-order valence-corrected chi connectivity index (χ2v) is 8.06. The van der Waals surface area contributed by atoms with Crippen molar-refractivity contribution in [1.82, 2.24) is 9.47 Å². The first-order chi connectivity index (χ1) is 12.1. The molecule has 1 saturated heterocycles. The summed E-state index contributed by atoms with van der Waals surface area (Å²) in [5.74, 6) is 0.180. The molecule has 0 bridgehead atoms. The van der Waals surface area contributed by atoms with E-state index in [0.717, 1.165) is 30.6 Å². The molecule has 3 nitrogen and oxygen atoms in total. The number of carbonyl (C=O) groups is 1. The number of amides is 1. The third-order valence-electron chi connectivity index (χ3n) is 5.35. The van der Waals surface area contributed by atoms with Crippen LogP contribution in [0.25, 0.3) is 10.2 Å². The minimum absolute atomic E-state index is 0.180. The molecule has 1 aliphatic rings. The lowest BCUT2D eigenvalue weighted by atomic mass is 9.97. The normalized spacial score (nSPS) is 21.0. The van der Waals surface area contributed by atoms with Crippen LogP contribution in [0.15, 0.2) is 47.8 Å². The van der Waals surface area contributed by atoms with E-state index in [-0.39, 0.29) is 5.91 Å². The smallest absolute Gasteiger partial charge is 0.271 e. The third kappa shape index (κ3) is 2.99. The highest BCUT2D eigenvalue weighted by molar-refractivity contribution is 7.17. The van der Waals surface area contributed by atoms with Gasteiger partial charge < -0.3 is 9.47 Å². The molecule has 2 atom stereocenters. The van der Waals surface area contributed by atoms with E-state index in [0.29, 0.717) is 12.1 Å². The summed E-state index contributed by atoms with van der Waals surface area (Å²) in [5, 5.41) is 2.10. The average Bonchev–Trinajstić information content (AvgIpc) is 3.18. The van der Waals surface area contributed by atoms with Crippen LogP contribution in [0.2, 0.25) is 0 Å². The molecule has 0 spiro atoms. The number of carbonyl (C=O) groups excluding carboxylic acids is 1. The fraction of sp³-hybridized carbons (Fsp3) is 0.381. The Morgan fingerprint density at radius 1 is 1.12 bits per heavy atom. The van der Waals surface area contributed by atoms with Crippen LogP contribution in [0.3, 0.4) is 0 Å². The van der Waals surface area contributed by atoms with E-state index in [2.05, 4.69) is 65.1 Å². The summed E-state index contributed by atoms with van der Waals surface area (Å²) in [4.78, 5) is 15.5. The first-order valence-electron chi connectivity index (χ1n) is 9.08. The molecular weight excluding hydrogens is 328 g/mol. The first-order valence-corrected chi connectivity index (χ1v) is 9.96.